The zero-order valence-electron chi connectivity index (χ0n) is 10.8. The highest BCUT2D eigenvalue weighted by Gasteiger charge is 1.98. The molecule has 0 fully saturated rings. The summed E-state index contributed by atoms with van der Waals surface area (Å²) in [6, 6.07) is 14.5. The highest BCUT2D eigenvalue weighted by molar-refractivity contribution is 6.30. The second kappa shape index (κ2) is 6.03. The Morgan fingerprint density at radius 3 is 2.33 bits per heavy atom. The van der Waals surface area contributed by atoms with Crippen molar-refractivity contribution < 1.29 is 0 Å². The quantitative estimate of drug-likeness (QED) is 0.866. The first-order chi connectivity index (χ1) is 8.65. The molecule has 2 aromatic rings. The van der Waals surface area contributed by atoms with Gasteiger partial charge in [0, 0.05) is 18.1 Å². The highest BCUT2D eigenvalue weighted by Crippen LogP contribution is 2.11. The molecule has 0 spiro atoms. The van der Waals surface area contributed by atoms with Crippen LogP contribution in [0.2, 0.25) is 5.02 Å². The number of hydrogen-bond acceptors (Lipinski definition) is 1. The topological polar surface area (TPSA) is 12.0 Å². The Bertz CT molecular complexity index is 517. The largest absolute Gasteiger partial charge is 0.309 e. The fourth-order valence-electron chi connectivity index (χ4n) is 1.99. The third-order valence-electron chi connectivity index (χ3n) is 3.06. The van der Waals surface area contributed by atoms with Gasteiger partial charge >= 0.3 is 0 Å². The van der Waals surface area contributed by atoms with Crippen LogP contribution in [0.25, 0.3) is 0 Å². The average Bonchev–Trinajstić information content (AvgIpc) is 2.34. The molecule has 0 bridgehead atoms. The predicted molar refractivity (Wildman–Crippen MR) is 77.9 cm³/mol. The van der Waals surface area contributed by atoms with Crippen molar-refractivity contribution in [2.75, 3.05) is 0 Å². The van der Waals surface area contributed by atoms with Crippen molar-refractivity contribution >= 4 is 11.6 Å². The van der Waals surface area contributed by atoms with E-state index in [2.05, 4.69) is 49.5 Å². The van der Waals surface area contributed by atoms with Gasteiger partial charge in [-0.2, -0.15) is 0 Å². The van der Waals surface area contributed by atoms with Crippen LogP contribution in [0.15, 0.2) is 42.5 Å². The van der Waals surface area contributed by atoms with Gasteiger partial charge < -0.3 is 5.32 Å². The van der Waals surface area contributed by atoms with Gasteiger partial charge in [-0.15, -0.1) is 0 Å². The molecule has 0 saturated carbocycles. The molecule has 0 aliphatic heterocycles. The molecule has 0 unspecified atom stereocenters. The van der Waals surface area contributed by atoms with Crippen LogP contribution in [0.5, 0.6) is 0 Å². The summed E-state index contributed by atoms with van der Waals surface area (Å²) in [5.74, 6) is 0. The number of aryl methyl sites for hydroxylation is 2. The average molecular weight is 260 g/mol. The Morgan fingerprint density at radius 2 is 1.67 bits per heavy atom. The van der Waals surface area contributed by atoms with E-state index in [9.17, 15) is 0 Å². The molecular weight excluding hydrogens is 242 g/mol. The van der Waals surface area contributed by atoms with E-state index >= 15 is 0 Å². The summed E-state index contributed by atoms with van der Waals surface area (Å²) in [6.07, 6.45) is 0. The lowest BCUT2D eigenvalue weighted by Gasteiger charge is -2.09. The van der Waals surface area contributed by atoms with Gasteiger partial charge in [-0.05, 0) is 42.7 Å². The Hall–Kier alpha value is -1.31. The predicted octanol–water partition coefficient (Wildman–Crippen LogP) is 4.25. The molecule has 18 heavy (non-hydrogen) atoms. The fraction of sp³-hybridized carbons (Fsp3) is 0.250. The summed E-state index contributed by atoms with van der Waals surface area (Å²) in [6.45, 7) is 6.05. The second-order valence-electron chi connectivity index (χ2n) is 4.66. The molecule has 2 heteroatoms. The van der Waals surface area contributed by atoms with Crippen molar-refractivity contribution in [3.8, 4) is 0 Å². The third-order valence-corrected chi connectivity index (χ3v) is 3.31. The van der Waals surface area contributed by atoms with Gasteiger partial charge in [-0.25, -0.2) is 0 Å². The lowest BCUT2D eigenvalue weighted by molar-refractivity contribution is 0.690. The first kappa shape index (κ1) is 13.1. The maximum Gasteiger partial charge on any atom is 0.0406 e. The van der Waals surface area contributed by atoms with Crippen molar-refractivity contribution in [3.63, 3.8) is 0 Å². The molecule has 94 valence electrons. The summed E-state index contributed by atoms with van der Waals surface area (Å²) in [4.78, 5) is 0. The molecule has 1 N–H and O–H groups in total. The normalized spacial score (nSPS) is 10.6. The molecule has 0 atom stereocenters. The summed E-state index contributed by atoms with van der Waals surface area (Å²) in [5.41, 5.74) is 5.27. The van der Waals surface area contributed by atoms with Crippen LogP contribution in [0.3, 0.4) is 0 Å². The van der Waals surface area contributed by atoms with Gasteiger partial charge in [0.15, 0.2) is 0 Å². The molecule has 0 heterocycles. The van der Waals surface area contributed by atoms with Crippen LogP contribution in [0, 0.1) is 13.8 Å². The van der Waals surface area contributed by atoms with E-state index in [1.807, 2.05) is 12.1 Å². The van der Waals surface area contributed by atoms with Crippen molar-refractivity contribution in [3.05, 3.63) is 69.7 Å². The zero-order valence-corrected chi connectivity index (χ0v) is 11.6. The van der Waals surface area contributed by atoms with E-state index in [1.165, 1.54) is 22.3 Å². The summed E-state index contributed by atoms with van der Waals surface area (Å²) >= 11 is 5.86. The molecule has 1 nitrogen and oxygen atoms in total. The minimum Gasteiger partial charge on any atom is -0.309 e. The second-order valence-corrected chi connectivity index (χ2v) is 5.10. The molecular formula is C16H18ClN. The van der Waals surface area contributed by atoms with E-state index in [0.29, 0.717) is 0 Å². The van der Waals surface area contributed by atoms with Gasteiger partial charge in [0.1, 0.15) is 0 Å². The maximum absolute atomic E-state index is 5.86. The van der Waals surface area contributed by atoms with Gasteiger partial charge in [0.2, 0.25) is 0 Å². The lowest BCUT2D eigenvalue weighted by Crippen LogP contribution is -2.13. The number of halogens is 1. The molecule has 0 amide bonds. The molecule has 2 rings (SSSR count). The van der Waals surface area contributed by atoms with Crippen molar-refractivity contribution in [2.24, 2.45) is 0 Å². The van der Waals surface area contributed by atoms with E-state index < -0.39 is 0 Å². The van der Waals surface area contributed by atoms with E-state index in [-0.39, 0.29) is 0 Å². The number of nitrogens with one attached hydrogen (secondary N) is 1. The van der Waals surface area contributed by atoms with E-state index in [4.69, 9.17) is 11.6 Å². The molecule has 0 saturated heterocycles. The van der Waals surface area contributed by atoms with Gasteiger partial charge in [0.25, 0.3) is 0 Å². The molecule has 0 aliphatic carbocycles. The van der Waals surface area contributed by atoms with Crippen LogP contribution >= 0.6 is 11.6 Å². The SMILES string of the molecule is Cc1ccc(CNCc2ccc(Cl)cc2)c(C)c1. The van der Waals surface area contributed by atoms with Gasteiger partial charge in [-0.1, -0.05) is 47.5 Å². The van der Waals surface area contributed by atoms with Crippen molar-refractivity contribution in [1.82, 2.24) is 5.32 Å². The van der Waals surface area contributed by atoms with E-state index in [0.717, 1.165) is 18.1 Å². The van der Waals surface area contributed by atoms with Crippen LogP contribution < -0.4 is 5.32 Å². The Labute approximate surface area is 114 Å². The minimum absolute atomic E-state index is 0.785. The minimum atomic E-state index is 0.785. The monoisotopic (exact) mass is 259 g/mol. The smallest absolute Gasteiger partial charge is 0.0406 e. The maximum atomic E-state index is 5.86. The number of benzene rings is 2. The van der Waals surface area contributed by atoms with Crippen LogP contribution in [-0.2, 0) is 13.1 Å². The van der Waals surface area contributed by atoms with Crippen LogP contribution in [0.1, 0.15) is 22.3 Å². The summed E-state index contributed by atoms with van der Waals surface area (Å²) in [7, 11) is 0. The van der Waals surface area contributed by atoms with Crippen molar-refractivity contribution in [2.45, 2.75) is 26.9 Å². The Morgan fingerprint density at radius 1 is 0.944 bits per heavy atom. The molecule has 0 aliphatic rings. The Kier molecular flexibility index (Phi) is 4.40. The Balaban J connectivity index is 1.90. The number of rotatable bonds is 4. The molecule has 2 aromatic carbocycles. The van der Waals surface area contributed by atoms with Crippen LogP contribution in [0.4, 0.5) is 0 Å². The zero-order chi connectivity index (χ0) is 13.0. The standard InChI is InChI=1S/C16H18ClN/c1-12-3-6-15(13(2)9-12)11-18-10-14-4-7-16(17)8-5-14/h3-9,18H,10-11H2,1-2H3. The summed E-state index contributed by atoms with van der Waals surface area (Å²) < 4.78 is 0. The van der Waals surface area contributed by atoms with Crippen molar-refractivity contribution in [1.29, 1.82) is 0 Å². The third kappa shape index (κ3) is 3.59. The molecule has 0 radical (unpaired) electrons. The first-order valence-electron chi connectivity index (χ1n) is 6.16. The lowest BCUT2D eigenvalue weighted by atomic mass is 10.1. The first-order valence-corrected chi connectivity index (χ1v) is 6.54. The van der Waals surface area contributed by atoms with Crippen LogP contribution in [-0.4, -0.2) is 0 Å². The van der Waals surface area contributed by atoms with Gasteiger partial charge in [0.05, 0.1) is 0 Å². The van der Waals surface area contributed by atoms with Gasteiger partial charge in [-0.3, -0.25) is 0 Å². The highest BCUT2D eigenvalue weighted by atomic mass is 35.5. The summed E-state index contributed by atoms with van der Waals surface area (Å²) in [5, 5.41) is 4.24. The molecule has 0 aromatic heterocycles. The van der Waals surface area contributed by atoms with E-state index in [1.54, 1.807) is 0 Å². The number of hydrogen-bond donors (Lipinski definition) is 1. The fourth-order valence-corrected chi connectivity index (χ4v) is 2.11.